The van der Waals surface area contributed by atoms with Gasteiger partial charge >= 0.3 is 12.1 Å². The van der Waals surface area contributed by atoms with Gasteiger partial charge in [0, 0.05) is 6.42 Å². The summed E-state index contributed by atoms with van der Waals surface area (Å²) >= 11 is 0. The minimum atomic E-state index is -5.22. The van der Waals surface area contributed by atoms with Gasteiger partial charge in [-0.25, -0.2) is 4.79 Å². The second-order valence-corrected chi connectivity index (χ2v) is 4.02. The maximum atomic E-state index is 12.8. The number of alkyl halides is 3. The molecule has 1 N–H and O–H groups in total. The van der Waals surface area contributed by atoms with Crippen molar-refractivity contribution >= 4 is 11.8 Å². The molecule has 0 radical (unpaired) electrons. The highest BCUT2D eigenvalue weighted by atomic mass is 19.4. The van der Waals surface area contributed by atoms with E-state index in [1.165, 1.54) is 0 Å². The molecule has 0 bridgehead atoms. The molecule has 98 valence electrons. The first-order chi connectivity index (χ1) is 7.75. The van der Waals surface area contributed by atoms with E-state index >= 15 is 0 Å². The lowest BCUT2D eigenvalue weighted by Crippen LogP contribution is -2.60. The highest BCUT2D eigenvalue weighted by Crippen LogP contribution is 2.42. The molecule has 1 aliphatic rings. The fourth-order valence-corrected chi connectivity index (χ4v) is 2.04. The van der Waals surface area contributed by atoms with Crippen molar-refractivity contribution in [2.75, 3.05) is 7.11 Å². The number of ether oxygens (including phenoxy) is 1. The summed E-state index contributed by atoms with van der Waals surface area (Å²) in [6, 6.07) is 0. The third-order valence-electron chi connectivity index (χ3n) is 2.99. The highest BCUT2D eigenvalue weighted by molar-refractivity contribution is 5.92. The number of hydrogen-bond acceptors (Lipinski definition) is 4. The topological polar surface area (TPSA) is 63.6 Å². The Kier molecular flexibility index (Phi) is 3.81. The Hall–Kier alpha value is -1.11. The van der Waals surface area contributed by atoms with Gasteiger partial charge in [-0.15, -0.1) is 0 Å². The summed E-state index contributed by atoms with van der Waals surface area (Å²) in [6.07, 6.45) is -4.60. The third-order valence-corrected chi connectivity index (χ3v) is 2.99. The molecule has 7 heteroatoms. The van der Waals surface area contributed by atoms with Crippen LogP contribution in [0.25, 0.3) is 0 Å². The highest BCUT2D eigenvalue weighted by Gasteiger charge is 2.66. The second-order valence-electron chi connectivity index (χ2n) is 4.02. The van der Waals surface area contributed by atoms with Gasteiger partial charge < -0.3 is 9.84 Å². The van der Waals surface area contributed by atoms with E-state index in [9.17, 15) is 27.9 Å². The maximum absolute atomic E-state index is 12.8. The van der Waals surface area contributed by atoms with Crippen molar-refractivity contribution in [1.29, 1.82) is 0 Å². The molecule has 2 atom stereocenters. The van der Waals surface area contributed by atoms with Gasteiger partial charge in [0.2, 0.25) is 0 Å². The molecule has 1 saturated carbocycles. The van der Waals surface area contributed by atoms with Crippen LogP contribution in [0.15, 0.2) is 0 Å². The van der Waals surface area contributed by atoms with E-state index in [0.29, 0.717) is 12.8 Å². The lowest BCUT2D eigenvalue weighted by Gasteiger charge is -2.35. The average molecular weight is 254 g/mol. The number of ketones is 1. The number of hydrogen-bond donors (Lipinski definition) is 1. The van der Waals surface area contributed by atoms with Gasteiger partial charge in [0.05, 0.1) is 13.0 Å². The summed E-state index contributed by atoms with van der Waals surface area (Å²) < 4.78 is 42.4. The molecule has 0 aromatic heterocycles. The van der Waals surface area contributed by atoms with Crippen molar-refractivity contribution in [2.45, 2.75) is 37.5 Å². The molecule has 0 aromatic rings. The lowest BCUT2D eigenvalue weighted by molar-refractivity contribution is -0.276. The van der Waals surface area contributed by atoms with Crippen LogP contribution in [0, 0.1) is 5.92 Å². The van der Waals surface area contributed by atoms with Gasteiger partial charge in [0.25, 0.3) is 5.60 Å². The van der Waals surface area contributed by atoms with E-state index in [1.807, 2.05) is 0 Å². The molecule has 0 amide bonds. The number of methoxy groups -OCH3 is 1. The smallest absolute Gasteiger partial charge is 0.428 e. The molecule has 0 heterocycles. The summed E-state index contributed by atoms with van der Waals surface area (Å²) in [6.45, 7) is 0. The quantitative estimate of drug-likeness (QED) is 0.752. The molecule has 2 unspecified atom stereocenters. The molecule has 4 nitrogen and oxygen atoms in total. The largest absolute Gasteiger partial charge is 0.467 e. The van der Waals surface area contributed by atoms with E-state index in [0.717, 1.165) is 7.11 Å². The van der Waals surface area contributed by atoms with Crippen LogP contribution in [0.3, 0.4) is 0 Å². The molecule has 1 rings (SSSR count). The minimum absolute atomic E-state index is 0.0555. The average Bonchev–Trinajstić information content (AvgIpc) is 2.26. The first-order valence-electron chi connectivity index (χ1n) is 5.15. The van der Waals surface area contributed by atoms with E-state index in [2.05, 4.69) is 4.74 Å². The van der Waals surface area contributed by atoms with Gasteiger partial charge in [-0.2, -0.15) is 13.2 Å². The van der Waals surface area contributed by atoms with Crippen molar-refractivity contribution in [3.8, 4) is 0 Å². The number of rotatable bonds is 2. The molecule has 1 aliphatic carbocycles. The van der Waals surface area contributed by atoms with Crippen molar-refractivity contribution in [3.05, 3.63) is 0 Å². The molecule has 0 aliphatic heterocycles. The molecule has 17 heavy (non-hydrogen) atoms. The SMILES string of the molecule is COC(=O)C(O)(C1CCCCC1=O)C(F)(F)F. The zero-order valence-electron chi connectivity index (χ0n) is 9.21. The fourth-order valence-electron chi connectivity index (χ4n) is 2.04. The molecule has 0 spiro atoms. The summed E-state index contributed by atoms with van der Waals surface area (Å²) in [4.78, 5) is 22.6. The van der Waals surface area contributed by atoms with Crippen molar-refractivity contribution in [1.82, 2.24) is 0 Å². The molecular formula is C10H13F3O4. The first-order valence-corrected chi connectivity index (χ1v) is 5.15. The Bertz CT molecular complexity index is 326. The zero-order chi connectivity index (χ0) is 13.3. The van der Waals surface area contributed by atoms with E-state index < -0.39 is 29.4 Å². The summed E-state index contributed by atoms with van der Waals surface area (Å²) in [7, 11) is 0.742. The minimum Gasteiger partial charge on any atom is -0.467 e. The van der Waals surface area contributed by atoms with Crippen molar-refractivity contribution in [3.63, 3.8) is 0 Å². The van der Waals surface area contributed by atoms with Gasteiger partial charge in [-0.3, -0.25) is 4.79 Å². The van der Waals surface area contributed by atoms with Crippen LogP contribution in [-0.2, 0) is 14.3 Å². The molecule has 0 aromatic carbocycles. The molecular weight excluding hydrogens is 241 g/mol. The van der Waals surface area contributed by atoms with Crippen LogP contribution >= 0.6 is 0 Å². The van der Waals surface area contributed by atoms with Crippen molar-refractivity contribution in [2.24, 2.45) is 5.92 Å². The Morgan fingerprint density at radius 2 is 2.00 bits per heavy atom. The number of carbonyl (C=O) groups is 2. The first kappa shape index (κ1) is 14.0. The van der Waals surface area contributed by atoms with Crippen molar-refractivity contribution < 1.29 is 32.6 Å². The zero-order valence-corrected chi connectivity index (χ0v) is 9.21. The van der Waals surface area contributed by atoms with Crippen LogP contribution in [0.2, 0.25) is 0 Å². The summed E-state index contributed by atoms with van der Waals surface area (Å²) in [5.41, 5.74) is -3.72. The maximum Gasteiger partial charge on any atom is 0.428 e. The van der Waals surface area contributed by atoms with Gasteiger partial charge in [0.1, 0.15) is 5.78 Å². The Balaban J connectivity index is 3.14. The number of esters is 1. The van der Waals surface area contributed by atoms with Crippen LogP contribution in [0.5, 0.6) is 0 Å². The summed E-state index contributed by atoms with van der Waals surface area (Å²) in [5, 5.41) is 9.59. The standard InChI is InChI=1S/C10H13F3O4/c1-17-8(15)9(16,10(11,12)13)6-4-2-3-5-7(6)14/h6,16H,2-5H2,1H3. The number of Topliss-reactive ketones (excluding diaryl/α,β-unsaturated/α-hetero) is 1. The Morgan fingerprint density at radius 3 is 2.41 bits per heavy atom. The normalized spacial score (nSPS) is 25.2. The monoisotopic (exact) mass is 254 g/mol. The Labute approximate surface area is 95.7 Å². The van der Waals surface area contributed by atoms with Crippen LogP contribution in [-0.4, -0.2) is 35.7 Å². The van der Waals surface area contributed by atoms with Gasteiger partial charge in [-0.05, 0) is 12.8 Å². The number of halogens is 3. The lowest BCUT2D eigenvalue weighted by atomic mass is 9.75. The van der Waals surface area contributed by atoms with E-state index in [-0.39, 0.29) is 12.8 Å². The fraction of sp³-hybridized carbons (Fsp3) is 0.800. The Morgan fingerprint density at radius 1 is 1.41 bits per heavy atom. The van der Waals surface area contributed by atoms with Crippen LogP contribution in [0.1, 0.15) is 25.7 Å². The predicted octanol–water partition coefficient (Wildman–Crippen LogP) is 1.21. The summed E-state index contributed by atoms with van der Waals surface area (Å²) in [5.74, 6) is -4.34. The second kappa shape index (κ2) is 4.64. The van der Waals surface area contributed by atoms with Gasteiger partial charge in [0.15, 0.2) is 0 Å². The molecule has 1 fully saturated rings. The molecule has 0 saturated heterocycles. The van der Waals surface area contributed by atoms with Crippen LogP contribution < -0.4 is 0 Å². The predicted molar refractivity (Wildman–Crippen MR) is 50.0 cm³/mol. The van der Waals surface area contributed by atoms with E-state index in [4.69, 9.17) is 0 Å². The van der Waals surface area contributed by atoms with Crippen LogP contribution in [0.4, 0.5) is 13.2 Å². The van der Waals surface area contributed by atoms with Gasteiger partial charge in [-0.1, -0.05) is 6.42 Å². The number of carbonyl (C=O) groups excluding carboxylic acids is 2. The number of aliphatic hydroxyl groups is 1. The third kappa shape index (κ3) is 2.29. The van der Waals surface area contributed by atoms with E-state index in [1.54, 1.807) is 0 Å².